The van der Waals surface area contributed by atoms with Gasteiger partial charge in [0.05, 0.1) is 5.69 Å². The zero-order chi connectivity index (χ0) is 6.69. The Labute approximate surface area is 51.9 Å². The van der Waals surface area contributed by atoms with Gasteiger partial charge in [0.2, 0.25) is 0 Å². The third kappa shape index (κ3) is 1.17. The number of hydrogen-bond donors (Lipinski definition) is 2. The van der Waals surface area contributed by atoms with Gasteiger partial charge in [0.15, 0.2) is 0 Å². The molecule has 0 spiro atoms. The molecule has 0 amide bonds. The van der Waals surface area contributed by atoms with Gasteiger partial charge in [-0.15, -0.1) is 0 Å². The molecule has 0 fully saturated rings. The normalized spacial score (nSPS) is 9.11. The van der Waals surface area contributed by atoms with E-state index in [9.17, 15) is 4.39 Å². The molecular formula is C6H6FNO. The van der Waals surface area contributed by atoms with Crippen molar-refractivity contribution in [2.45, 2.75) is 0 Å². The molecule has 0 atom stereocenters. The molecule has 0 heterocycles. The number of benzene rings is 1. The summed E-state index contributed by atoms with van der Waals surface area (Å²) in [5, 5.41) is 8.23. The Bertz CT molecular complexity index is 202. The van der Waals surface area contributed by atoms with Crippen LogP contribution in [0.1, 0.15) is 0 Å². The van der Waals surface area contributed by atoms with E-state index >= 15 is 0 Å². The summed E-state index contributed by atoms with van der Waals surface area (Å²) in [7, 11) is 0. The summed E-state index contributed by atoms with van der Waals surface area (Å²) < 4.78 is 12.4. The third-order valence-corrected chi connectivity index (χ3v) is 0.994. The first-order valence-corrected chi connectivity index (χ1v) is 2.49. The molecule has 3 heteroatoms. The minimum atomic E-state index is -0.458. The maximum absolute atomic E-state index is 12.4. The van der Waals surface area contributed by atoms with E-state index in [0.29, 0.717) is 0 Å². The molecule has 1 aromatic carbocycles. The van der Waals surface area contributed by atoms with Gasteiger partial charge < -0.3 is 0 Å². The van der Waals surface area contributed by atoms with Crippen molar-refractivity contribution in [3.05, 3.63) is 30.1 Å². The van der Waals surface area contributed by atoms with Crippen molar-refractivity contribution in [2.24, 2.45) is 0 Å². The lowest BCUT2D eigenvalue weighted by atomic mass is 10.3. The van der Waals surface area contributed by atoms with Crippen LogP contribution in [-0.2, 0) is 0 Å². The molecule has 0 radical (unpaired) electrons. The number of anilines is 1. The van der Waals surface area contributed by atoms with Gasteiger partial charge in [-0.05, 0) is 12.1 Å². The molecule has 9 heavy (non-hydrogen) atoms. The van der Waals surface area contributed by atoms with Crippen LogP contribution in [0, 0.1) is 5.82 Å². The van der Waals surface area contributed by atoms with Crippen LogP contribution >= 0.6 is 0 Å². The van der Waals surface area contributed by atoms with Crippen molar-refractivity contribution in [1.82, 2.24) is 0 Å². The minimum Gasteiger partial charge on any atom is -0.291 e. The fourth-order valence-electron chi connectivity index (χ4n) is 0.552. The average molecular weight is 127 g/mol. The number of halogens is 1. The van der Waals surface area contributed by atoms with Crippen LogP contribution in [0.5, 0.6) is 0 Å². The molecule has 0 saturated heterocycles. The van der Waals surface area contributed by atoms with Crippen LogP contribution in [-0.4, -0.2) is 5.21 Å². The molecule has 2 N–H and O–H groups in total. The molecule has 0 saturated carbocycles. The highest BCUT2D eigenvalue weighted by atomic mass is 19.1. The van der Waals surface area contributed by atoms with Gasteiger partial charge in [-0.3, -0.25) is 10.7 Å². The number of rotatable bonds is 1. The summed E-state index contributed by atoms with van der Waals surface area (Å²) in [6.45, 7) is 0. The Kier molecular flexibility index (Phi) is 1.65. The maximum atomic E-state index is 12.4. The van der Waals surface area contributed by atoms with Crippen LogP contribution < -0.4 is 5.48 Å². The number of hydrogen-bond acceptors (Lipinski definition) is 2. The molecule has 0 aliphatic carbocycles. The smallest absolute Gasteiger partial charge is 0.148 e. The van der Waals surface area contributed by atoms with Gasteiger partial charge in [-0.2, -0.15) is 0 Å². The van der Waals surface area contributed by atoms with Crippen molar-refractivity contribution in [3.8, 4) is 0 Å². The van der Waals surface area contributed by atoms with Crippen LogP contribution in [0.25, 0.3) is 0 Å². The first-order valence-electron chi connectivity index (χ1n) is 2.49. The van der Waals surface area contributed by atoms with Crippen LogP contribution in [0.4, 0.5) is 10.1 Å². The quantitative estimate of drug-likeness (QED) is 0.562. The highest BCUT2D eigenvalue weighted by Gasteiger charge is 1.94. The fraction of sp³-hybridized carbons (Fsp3) is 0. The summed E-state index contributed by atoms with van der Waals surface area (Å²) in [5.74, 6) is -0.458. The molecular weight excluding hydrogens is 121 g/mol. The summed E-state index contributed by atoms with van der Waals surface area (Å²) >= 11 is 0. The second-order valence-electron chi connectivity index (χ2n) is 1.59. The summed E-state index contributed by atoms with van der Waals surface area (Å²) in [6.07, 6.45) is 0. The van der Waals surface area contributed by atoms with Crippen molar-refractivity contribution in [2.75, 3.05) is 5.48 Å². The summed E-state index contributed by atoms with van der Waals surface area (Å²) in [6, 6.07) is 5.88. The Morgan fingerprint density at radius 2 is 2.00 bits per heavy atom. The van der Waals surface area contributed by atoms with E-state index in [1.54, 1.807) is 17.6 Å². The monoisotopic (exact) mass is 127 g/mol. The third-order valence-electron chi connectivity index (χ3n) is 0.994. The van der Waals surface area contributed by atoms with Gasteiger partial charge in [0.1, 0.15) is 5.82 Å². The van der Waals surface area contributed by atoms with E-state index in [2.05, 4.69) is 0 Å². The molecule has 0 aliphatic heterocycles. The predicted molar refractivity (Wildman–Crippen MR) is 31.8 cm³/mol. The predicted octanol–water partition coefficient (Wildman–Crippen LogP) is 1.63. The average Bonchev–Trinajstić information content (AvgIpc) is 1.89. The topological polar surface area (TPSA) is 32.3 Å². The Hall–Kier alpha value is -1.09. The van der Waals surface area contributed by atoms with Crippen molar-refractivity contribution in [3.63, 3.8) is 0 Å². The number of para-hydroxylation sites is 1. The Morgan fingerprint density at radius 1 is 1.33 bits per heavy atom. The number of nitrogens with one attached hydrogen (secondary N) is 1. The molecule has 48 valence electrons. The SMILES string of the molecule is ONc1ccccc1F. The molecule has 1 aromatic rings. The highest BCUT2D eigenvalue weighted by molar-refractivity contribution is 5.41. The molecule has 2 nitrogen and oxygen atoms in total. The fourth-order valence-corrected chi connectivity index (χ4v) is 0.552. The van der Waals surface area contributed by atoms with Crippen LogP contribution in [0.15, 0.2) is 24.3 Å². The Balaban J connectivity index is 3.01. The van der Waals surface area contributed by atoms with Crippen molar-refractivity contribution >= 4 is 5.69 Å². The van der Waals surface area contributed by atoms with Crippen molar-refractivity contribution in [1.29, 1.82) is 0 Å². The standard InChI is InChI=1S/C6H6FNO/c7-5-3-1-2-4-6(5)8-9/h1-4,8-9H. The van der Waals surface area contributed by atoms with E-state index in [1.807, 2.05) is 0 Å². The summed E-state index contributed by atoms with van der Waals surface area (Å²) in [4.78, 5) is 0. The van der Waals surface area contributed by atoms with Crippen LogP contribution in [0.2, 0.25) is 0 Å². The summed E-state index contributed by atoms with van der Waals surface area (Å²) in [5.41, 5.74) is 1.82. The lowest BCUT2D eigenvalue weighted by Gasteiger charge is -1.96. The second-order valence-corrected chi connectivity index (χ2v) is 1.59. The van der Waals surface area contributed by atoms with E-state index in [1.165, 1.54) is 12.1 Å². The largest absolute Gasteiger partial charge is 0.291 e. The van der Waals surface area contributed by atoms with Gasteiger partial charge in [0, 0.05) is 0 Å². The molecule has 0 aliphatic rings. The molecule has 1 rings (SSSR count). The van der Waals surface area contributed by atoms with Crippen LogP contribution in [0.3, 0.4) is 0 Å². The minimum absolute atomic E-state index is 0.0949. The zero-order valence-electron chi connectivity index (χ0n) is 4.63. The van der Waals surface area contributed by atoms with E-state index in [4.69, 9.17) is 5.21 Å². The maximum Gasteiger partial charge on any atom is 0.148 e. The first kappa shape index (κ1) is 6.04. The van der Waals surface area contributed by atoms with Gasteiger partial charge in [-0.1, -0.05) is 12.1 Å². The lowest BCUT2D eigenvalue weighted by molar-refractivity contribution is 0.384. The zero-order valence-corrected chi connectivity index (χ0v) is 4.63. The van der Waals surface area contributed by atoms with Gasteiger partial charge in [-0.25, -0.2) is 4.39 Å². The lowest BCUT2D eigenvalue weighted by Crippen LogP contribution is -1.91. The molecule has 0 aromatic heterocycles. The highest BCUT2D eigenvalue weighted by Crippen LogP contribution is 2.09. The van der Waals surface area contributed by atoms with E-state index in [0.717, 1.165) is 0 Å². The van der Waals surface area contributed by atoms with E-state index < -0.39 is 5.82 Å². The first-order chi connectivity index (χ1) is 4.34. The molecule has 0 bridgehead atoms. The second kappa shape index (κ2) is 2.46. The van der Waals surface area contributed by atoms with Gasteiger partial charge >= 0.3 is 0 Å². The Morgan fingerprint density at radius 3 is 2.44 bits per heavy atom. The van der Waals surface area contributed by atoms with Gasteiger partial charge in [0.25, 0.3) is 0 Å². The molecule has 0 unspecified atom stereocenters. The van der Waals surface area contributed by atoms with Crippen molar-refractivity contribution < 1.29 is 9.60 Å². The van der Waals surface area contributed by atoms with E-state index in [-0.39, 0.29) is 5.69 Å².